The van der Waals surface area contributed by atoms with E-state index in [0.29, 0.717) is 6.04 Å². The maximum atomic E-state index is 4.29. The Kier molecular flexibility index (Phi) is 3.19. The molecule has 1 N–H and O–H groups in total. The second kappa shape index (κ2) is 4.60. The van der Waals surface area contributed by atoms with E-state index in [1.807, 2.05) is 10.9 Å². The van der Waals surface area contributed by atoms with E-state index >= 15 is 0 Å². The van der Waals surface area contributed by atoms with Crippen molar-refractivity contribution in [2.45, 2.75) is 45.2 Å². The van der Waals surface area contributed by atoms with Gasteiger partial charge in [-0.2, -0.15) is 5.10 Å². The molecule has 0 saturated carbocycles. The lowest BCUT2D eigenvalue weighted by atomic mass is 10.00. The first-order valence-electron chi connectivity index (χ1n) is 5.63. The van der Waals surface area contributed by atoms with E-state index in [2.05, 4.69) is 23.5 Å². The molecule has 3 nitrogen and oxygen atoms in total. The normalized spacial score (nSPS) is 22.5. The van der Waals surface area contributed by atoms with Crippen molar-refractivity contribution in [2.24, 2.45) is 0 Å². The van der Waals surface area contributed by atoms with E-state index in [1.165, 1.54) is 31.4 Å². The SMILES string of the molecule is CCn1cc(CC2CCCCN2)cn1. The fourth-order valence-electron chi connectivity index (χ4n) is 2.07. The summed E-state index contributed by atoms with van der Waals surface area (Å²) in [6.45, 7) is 4.28. The molecule has 14 heavy (non-hydrogen) atoms. The third-order valence-electron chi connectivity index (χ3n) is 2.91. The Bertz CT molecular complexity index is 274. The van der Waals surface area contributed by atoms with Crippen molar-refractivity contribution in [3.63, 3.8) is 0 Å². The Hall–Kier alpha value is -0.830. The van der Waals surface area contributed by atoms with Crippen molar-refractivity contribution in [2.75, 3.05) is 6.54 Å². The summed E-state index contributed by atoms with van der Waals surface area (Å²) in [7, 11) is 0. The molecule has 2 rings (SSSR count). The highest BCUT2D eigenvalue weighted by molar-refractivity contribution is 5.06. The van der Waals surface area contributed by atoms with Gasteiger partial charge < -0.3 is 5.32 Å². The highest BCUT2D eigenvalue weighted by Gasteiger charge is 2.13. The minimum Gasteiger partial charge on any atom is -0.314 e. The van der Waals surface area contributed by atoms with Crippen LogP contribution in [0.1, 0.15) is 31.7 Å². The third kappa shape index (κ3) is 2.35. The number of hydrogen-bond donors (Lipinski definition) is 1. The van der Waals surface area contributed by atoms with Crippen LogP contribution in [0.15, 0.2) is 12.4 Å². The zero-order valence-corrected chi connectivity index (χ0v) is 8.87. The first-order valence-corrected chi connectivity index (χ1v) is 5.63. The summed E-state index contributed by atoms with van der Waals surface area (Å²) in [5.74, 6) is 0. The molecule has 1 aliphatic rings. The molecule has 1 aromatic heterocycles. The van der Waals surface area contributed by atoms with Gasteiger partial charge in [0.1, 0.15) is 0 Å². The maximum absolute atomic E-state index is 4.29. The smallest absolute Gasteiger partial charge is 0.0522 e. The molecule has 1 unspecified atom stereocenters. The molecule has 0 spiro atoms. The van der Waals surface area contributed by atoms with E-state index in [4.69, 9.17) is 0 Å². The van der Waals surface area contributed by atoms with Crippen LogP contribution in [0.5, 0.6) is 0 Å². The predicted octanol–water partition coefficient (Wildman–Crippen LogP) is 1.59. The molecule has 2 heterocycles. The average Bonchev–Trinajstić information content (AvgIpc) is 2.67. The molecule has 0 aromatic carbocycles. The molecule has 0 radical (unpaired) electrons. The van der Waals surface area contributed by atoms with E-state index in [9.17, 15) is 0 Å². The number of aromatic nitrogens is 2. The second-order valence-electron chi connectivity index (χ2n) is 4.06. The zero-order chi connectivity index (χ0) is 9.80. The van der Waals surface area contributed by atoms with Gasteiger partial charge >= 0.3 is 0 Å². The molecule has 0 amide bonds. The lowest BCUT2D eigenvalue weighted by molar-refractivity contribution is 0.399. The summed E-state index contributed by atoms with van der Waals surface area (Å²) >= 11 is 0. The Labute approximate surface area is 85.5 Å². The van der Waals surface area contributed by atoms with Gasteiger partial charge in [-0.25, -0.2) is 0 Å². The highest BCUT2D eigenvalue weighted by atomic mass is 15.3. The summed E-state index contributed by atoms with van der Waals surface area (Å²) < 4.78 is 2.00. The van der Waals surface area contributed by atoms with E-state index in [0.717, 1.165) is 13.0 Å². The van der Waals surface area contributed by atoms with Crippen LogP contribution in [0, 0.1) is 0 Å². The minimum atomic E-state index is 0.679. The molecule has 3 heteroatoms. The van der Waals surface area contributed by atoms with Crippen LogP contribution in [-0.4, -0.2) is 22.4 Å². The minimum absolute atomic E-state index is 0.679. The van der Waals surface area contributed by atoms with Crippen molar-refractivity contribution < 1.29 is 0 Å². The Morgan fingerprint density at radius 1 is 1.57 bits per heavy atom. The Morgan fingerprint density at radius 2 is 2.50 bits per heavy atom. The van der Waals surface area contributed by atoms with Crippen molar-refractivity contribution in [3.05, 3.63) is 18.0 Å². The van der Waals surface area contributed by atoms with Gasteiger partial charge in [-0.05, 0) is 38.3 Å². The number of nitrogens with one attached hydrogen (secondary N) is 1. The van der Waals surface area contributed by atoms with Gasteiger partial charge in [0.2, 0.25) is 0 Å². The van der Waals surface area contributed by atoms with Crippen LogP contribution in [0.25, 0.3) is 0 Å². The van der Waals surface area contributed by atoms with Crippen molar-refractivity contribution in [3.8, 4) is 0 Å². The van der Waals surface area contributed by atoms with Crippen LogP contribution < -0.4 is 5.32 Å². The largest absolute Gasteiger partial charge is 0.314 e. The first-order chi connectivity index (χ1) is 6.88. The molecule has 1 atom stereocenters. The van der Waals surface area contributed by atoms with Gasteiger partial charge in [-0.3, -0.25) is 4.68 Å². The first kappa shape index (κ1) is 9.71. The summed E-state index contributed by atoms with van der Waals surface area (Å²) in [6.07, 6.45) is 9.33. The van der Waals surface area contributed by atoms with Crippen LogP contribution in [0.3, 0.4) is 0 Å². The topological polar surface area (TPSA) is 29.9 Å². The van der Waals surface area contributed by atoms with Gasteiger partial charge in [0, 0.05) is 18.8 Å². The van der Waals surface area contributed by atoms with Gasteiger partial charge in [-0.1, -0.05) is 6.42 Å². The van der Waals surface area contributed by atoms with Gasteiger partial charge in [0.15, 0.2) is 0 Å². The summed E-state index contributed by atoms with van der Waals surface area (Å²) in [5, 5.41) is 7.85. The second-order valence-corrected chi connectivity index (χ2v) is 4.06. The lowest BCUT2D eigenvalue weighted by Gasteiger charge is -2.22. The average molecular weight is 193 g/mol. The van der Waals surface area contributed by atoms with Crippen LogP contribution >= 0.6 is 0 Å². The highest BCUT2D eigenvalue weighted by Crippen LogP contribution is 2.12. The third-order valence-corrected chi connectivity index (χ3v) is 2.91. The van der Waals surface area contributed by atoms with Crippen molar-refractivity contribution in [1.29, 1.82) is 0 Å². The van der Waals surface area contributed by atoms with Crippen molar-refractivity contribution >= 4 is 0 Å². The molecule has 1 aromatic rings. The monoisotopic (exact) mass is 193 g/mol. The van der Waals surface area contributed by atoms with E-state index in [1.54, 1.807) is 0 Å². The van der Waals surface area contributed by atoms with Gasteiger partial charge in [-0.15, -0.1) is 0 Å². The number of hydrogen-bond acceptors (Lipinski definition) is 2. The molecule has 1 aliphatic heterocycles. The van der Waals surface area contributed by atoms with Crippen LogP contribution in [0.2, 0.25) is 0 Å². The molecule has 1 saturated heterocycles. The number of rotatable bonds is 3. The van der Waals surface area contributed by atoms with Gasteiger partial charge in [0.05, 0.1) is 6.20 Å². The Balaban J connectivity index is 1.89. The van der Waals surface area contributed by atoms with E-state index in [-0.39, 0.29) is 0 Å². The quantitative estimate of drug-likeness (QED) is 0.790. The fourth-order valence-corrected chi connectivity index (χ4v) is 2.07. The number of piperidine rings is 1. The van der Waals surface area contributed by atoms with Crippen LogP contribution in [0.4, 0.5) is 0 Å². The number of aryl methyl sites for hydroxylation is 1. The van der Waals surface area contributed by atoms with Gasteiger partial charge in [0.25, 0.3) is 0 Å². The standard InChI is InChI=1S/C11H19N3/c1-2-14-9-10(8-13-14)7-11-5-3-4-6-12-11/h8-9,11-12H,2-7H2,1H3. The fraction of sp³-hybridized carbons (Fsp3) is 0.727. The molecular formula is C11H19N3. The molecule has 78 valence electrons. The summed E-state index contributed by atoms with van der Waals surface area (Å²) in [4.78, 5) is 0. The Morgan fingerprint density at radius 3 is 3.14 bits per heavy atom. The van der Waals surface area contributed by atoms with Crippen molar-refractivity contribution in [1.82, 2.24) is 15.1 Å². The molecule has 0 aliphatic carbocycles. The van der Waals surface area contributed by atoms with Crippen LogP contribution in [-0.2, 0) is 13.0 Å². The lowest BCUT2D eigenvalue weighted by Crippen LogP contribution is -2.35. The molecule has 0 bridgehead atoms. The predicted molar refractivity (Wildman–Crippen MR) is 57.2 cm³/mol. The number of nitrogens with zero attached hydrogens (tertiary/aromatic N) is 2. The molecular weight excluding hydrogens is 174 g/mol. The summed E-state index contributed by atoms with van der Waals surface area (Å²) in [5.41, 5.74) is 1.37. The summed E-state index contributed by atoms with van der Waals surface area (Å²) in [6, 6.07) is 0.679. The van der Waals surface area contributed by atoms with E-state index < -0.39 is 0 Å². The maximum Gasteiger partial charge on any atom is 0.0522 e. The molecule has 1 fully saturated rings. The zero-order valence-electron chi connectivity index (χ0n) is 8.87.